The number of aldehydes is 1. The summed E-state index contributed by atoms with van der Waals surface area (Å²) in [4.78, 5) is 10.7. The van der Waals surface area contributed by atoms with E-state index in [0.29, 0.717) is 18.8 Å². The van der Waals surface area contributed by atoms with Crippen molar-refractivity contribution >= 4 is 6.29 Å². The molecule has 0 aliphatic carbocycles. The monoisotopic (exact) mass is 228 g/mol. The van der Waals surface area contributed by atoms with Crippen molar-refractivity contribution in [3.8, 4) is 0 Å². The van der Waals surface area contributed by atoms with E-state index in [4.69, 9.17) is 4.74 Å². The SMILES string of the molecule is O=Cc1cc2n(n1)C[C@H](c1ccccc1)OC2. The summed E-state index contributed by atoms with van der Waals surface area (Å²) in [6.07, 6.45) is 0.783. The van der Waals surface area contributed by atoms with Crippen molar-refractivity contribution in [3.63, 3.8) is 0 Å². The third-order valence-corrected chi connectivity index (χ3v) is 2.95. The zero-order chi connectivity index (χ0) is 11.7. The number of benzene rings is 1. The number of fused-ring (bicyclic) bond motifs is 1. The molecule has 4 heteroatoms. The third-order valence-electron chi connectivity index (χ3n) is 2.95. The van der Waals surface area contributed by atoms with Crippen molar-refractivity contribution in [1.29, 1.82) is 0 Å². The molecule has 1 atom stereocenters. The Morgan fingerprint density at radius 2 is 2.18 bits per heavy atom. The zero-order valence-corrected chi connectivity index (χ0v) is 9.24. The van der Waals surface area contributed by atoms with Crippen LogP contribution in [0.1, 0.15) is 27.8 Å². The van der Waals surface area contributed by atoms with Crippen LogP contribution in [0.4, 0.5) is 0 Å². The van der Waals surface area contributed by atoms with Crippen LogP contribution in [-0.2, 0) is 17.9 Å². The van der Waals surface area contributed by atoms with Gasteiger partial charge in [0, 0.05) is 0 Å². The van der Waals surface area contributed by atoms with Gasteiger partial charge < -0.3 is 4.74 Å². The lowest BCUT2D eigenvalue weighted by molar-refractivity contribution is -0.00118. The summed E-state index contributed by atoms with van der Waals surface area (Å²) in [6.45, 7) is 1.16. The summed E-state index contributed by atoms with van der Waals surface area (Å²) >= 11 is 0. The van der Waals surface area contributed by atoms with Gasteiger partial charge in [-0.25, -0.2) is 0 Å². The van der Waals surface area contributed by atoms with Crippen molar-refractivity contribution in [2.75, 3.05) is 0 Å². The number of hydrogen-bond acceptors (Lipinski definition) is 3. The van der Waals surface area contributed by atoms with E-state index in [1.165, 1.54) is 0 Å². The minimum atomic E-state index is 0.0168. The van der Waals surface area contributed by atoms with Crippen LogP contribution in [0.2, 0.25) is 0 Å². The van der Waals surface area contributed by atoms with Crippen LogP contribution in [0.15, 0.2) is 36.4 Å². The molecule has 2 aromatic rings. The van der Waals surface area contributed by atoms with Crippen LogP contribution in [0, 0.1) is 0 Å². The predicted octanol–water partition coefficient (Wildman–Crippen LogP) is 1.97. The second-order valence-electron chi connectivity index (χ2n) is 4.07. The number of nitrogens with zero attached hydrogens (tertiary/aromatic N) is 2. The fourth-order valence-corrected chi connectivity index (χ4v) is 2.07. The van der Waals surface area contributed by atoms with E-state index in [0.717, 1.165) is 17.5 Å². The largest absolute Gasteiger partial charge is 0.365 e. The molecule has 2 heterocycles. The Morgan fingerprint density at radius 1 is 1.35 bits per heavy atom. The van der Waals surface area contributed by atoms with Crippen LogP contribution in [0.3, 0.4) is 0 Å². The number of carbonyl (C=O) groups is 1. The number of carbonyl (C=O) groups excluding carboxylic acids is 1. The lowest BCUT2D eigenvalue weighted by Crippen LogP contribution is -2.21. The molecule has 1 aromatic carbocycles. The molecule has 0 saturated heterocycles. The number of aromatic nitrogens is 2. The Bertz CT molecular complexity index is 534. The summed E-state index contributed by atoms with van der Waals surface area (Å²) in [5.74, 6) is 0. The van der Waals surface area contributed by atoms with E-state index in [9.17, 15) is 4.79 Å². The fraction of sp³-hybridized carbons (Fsp3) is 0.231. The van der Waals surface area contributed by atoms with Gasteiger partial charge in [0.1, 0.15) is 11.8 Å². The first-order valence-electron chi connectivity index (χ1n) is 5.55. The van der Waals surface area contributed by atoms with E-state index in [-0.39, 0.29) is 6.10 Å². The highest BCUT2D eigenvalue weighted by atomic mass is 16.5. The molecule has 0 fully saturated rings. The smallest absolute Gasteiger partial charge is 0.170 e. The molecular weight excluding hydrogens is 216 g/mol. The lowest BCUT2D eigenvalue weighted by atomic mass is 10.1. The van der Waals surface area contributed by atoms with Crippen LogP contribution in [0.25, 0.3) is 0 Å². The van der Waals surface area contributed by atoms with Crippen LogP contribution < -0.4 is 0 Å². The quantitative estimate of drug-likeness (QED) is 0.738. The minimum Gasteiger partial charge on any atom is -0.365 e. The van der Waals surface area contributed by atoms with Gasteiger partial charge in [0.2, 0.25) is 0 Å². The minimum absolute atomic E-state index is 0.0168. The molecule has 1 aliphatic heterocycles. The molecule has 1 aliphatic rings. The van der Waals surface area contributed by atoms with Crippen molar-refractivity contribution in [2.24, 2.45) is 0 Å². The molecular formula is C13H12N2O2. The number of rotatable bonds is 2. The normalized spacial score (nSPS) is 18.7. The molecule has 86 valence electrons. The highest BCUT2D eigenvalue weighted by Gasteiger charge is 2.21. The molecule has 0 spiro atoms. The van der Waals surface area contributed by atoms with Crippen LogP contribution >= 0.6 is 0 Å². The van der Waals surface area contributed by atoms with Crippen LogP contribution in [-0.4, -0.2) is 16.1 Å². The summed E-state index contributed by atoms with van der Waals surface area (Å²) in [5, 5.41) is 4.21. The second kappa shape index (κ2) is 4.14. The first kappa shape index (κ1) is 10.2. The first-order valence-corrected chi connectivity index (χ1v) is 5.55. The molecule has 1 aromatic heterocycles. The Balaban J connectivity index is 1.87. The van der Waals surface area contributed by atoms with Gasteiger partial charge in [-0.15, -0.1) is 0 Å². The molecule has 17 heavy (non-hydrogen) atoms. The maximum absolute atomic E-state index is 10.7. The summed E-state index contributed by atoms with van der Waals surface area (Å²) < 4.78 is 7.62. The Morgan fingerprint density at radius 3 is 2.94 bits per heavy atom. The van der Waals surface area contributed by atoms with Crippen molar-refractivity contribution in [2.45, 2.75) is 19.3 Å². The van der Waals surface area contributed by atoms with E-state index in [1.54, 1.807) is 6.07 Å². The Kier molecular flexibility index (Phi) is 2.49. The zero-order valence-electron chi connectivity index (χ0n) is 9.24. The Labute approximate surface area is 98.8 Å². The predicted molar refractivity (Wildman–Crippen MR) is 61.6 cm³/mol. The maximum atomic E-state index is 10.7. The van der Waals surface area contributed by atoms with Gasteiger partial charge in [-0.05, 0) is 11.6 Å². The molecule has 0 amide bonds. The van der Waals surface area contributed by atoms with Crippen molar-refractivity contribution in [1.82, 2.24) is 9.78 Å². The molecule has 0 radical (unpaired) electrons. The highest BCUT2D eigenvalue weighted by molar-refractivity contribution is 5.71. The van der Waals surface area contributed by atoms with E-state index >= 15 is 0 Å². The average Bonchev–Trinajstić information content (AvgIpc) is 2.81. The third kappa shape index (κ3) is 1.87. The van der Waals surface area contributed by atoms with E-state index in [2.05, 4.69) is 5.10 Å². The fourth-order valence-electron chi connectivity index (χ4n) is 2.07. The van der Waals surface area contributed by atoms with Gasteiger partial charge in [-0.3, -0.25) is 9.48 Å². The molecule has 4 nitrogen and oxygen atoms in total. The summed E-state index contributed by atoms with van der Waals surface area (Å²) in [7, 11) is 0. The summed E-state index contributed by atoms with van der Waals surface area (Å²) in [5.41, 5.74) is 2.57. The van der Waals surface area contributed by atoms with E-state index < -0.39 is 0 Å². The van der Waals surface area contributed by atoms with Gasteiger partial charge in [0.25, 0.3) is 0 Å². The molecule has 0 bridgehead atoms. The Hall–Kier alpha value is -1.94. The first-order chi connectivity index (χ1) is 8.36. The van der Waals surface area contributed by atoms with Gasteiger partial charge in [-0.2, -0.15) is 5.10 Å². The molecule has 3 rings (SSSR count). The molecule has 0 N–H and O–H groups in total. The van der Waals surface area contributed by atoms with Crippen molar-refractivity contribution in [3.05, 3.63) is 53.3 Å². The van der Waals surface area contributed by atoms with Gasteiger partial charge in [-0.1, -0.05) is 30.3 Å². The summed E-state index contributed by atoms with van der Waals surface area (Å²) in [6, 6.07) is 11.8. The van der Waals surface area contributed by atoms with Gasteiger partial charge in [0.05, 0.1) is 18.8 Å². The number of hydrogen-bond donors (Lipinski definition) is 0. The van der Waals surface area contributed by atoms with Gasteiger partial charge in [0.15, 0.2) is 6.29 Å². The van der Waals surface area contributed by atoms with Gasteiger partial charge >= 0.3 is 0 Å². The lowest BCUT2D eigenvalue weighted by Gasteiger charge is -2.24. The highest BCUT2D eigenvalue weighted by Crippen LogP contribution is 2.25. The molecule has 0 unspecified atom stereocenters. The second-order valence-corrected chi connectivity index (χ2v) is 4.07. The van der Waals surface area contributed by atoms with Crippen LogP contribution in [0.5, 0.6) is 0 Å². The van der Waals surface area contributed by atoms with Crippen molar-refractivity contribution < 1.29 is 9.53 Å². The van der Waals surface area contributed by atoms with E-state index in [1.807, 2.05) is 35.0 Å². The average molecular weight is 228 g/mol. The molecule has 0 saturated carbocycles. The number of ether oxygens (including phenoxy) is 1. The topological polar surface area (TPSA) is 44.1 Å². The standard InChI is InChI=1S/C13H12N2O2/c16-8-11-6-12-9-17-13(7-15(12)14-11)10-4-2-1-3-5-10/h1-6,8,13H,7,9H2/t13-/m1/s1. The maximum Gasteiger partial charge on any atom is 0.170 e.